The van der Waals surface area contributed by atoms with Crippen LogP contribution in [0.3, 0.4) is 0 Å². The van der Waals surface area contributed by atoms with Gasteiger partial charge < -0.3 is 18.7 Å². The first-order chi connectivity index (χ1) is 15.3. The standard InChI is InChI=1S/C18H13ClN4O7S2/c1-9-14(19)17(30-21-9)23(18(24)22-32(25,26)10-3-4-31-7-10)15-11(6-20)16-13(28-8-29-16)5-12(15)27-2/h3-5,7H,8H2,1-2H3,(H,22,24). The Labute approximate surface area is 190 Å². The van der Waals surface area contributed by atoms with Crippen molar-refractivity contribution in [3.8, 4) is 23.3 Å². The number of benzene rings is 1. The van der Waals surface area contributed by atoms with Crippen LogP contribution in [0.4, 0.5) is 16.4 Å². The van der Waals surface area contributed by atoms with Gasteiger partial charge in [-0.15, -0.1) is 0 Å². The number of anilines is 2. The van der Waals surface area contributed by atoms with Crippen molar-refractivity contribution in [3.63, 3.8) is 0 Å². The van der Waals surface area contributed by atoms with Crippen molar-refractivity contribution in [2.75, 3.05) is 18.8 Å². The minimum atomic E-state index is -4.25. The lowest BCUT2D eigenvalue weighted by Gasteiger charge is -2.23. The van der Waals surface area contributed by atoms with E-state index in [2.05, 4.69) is 5.16 Å². The molecule has 3 aromatic rings. The summed E-state index contributed by atoms with van der Waals surface area (Å²) in [4.78, 5) is 13.9. The predicted molar refractivity (Wildman–Crippen MR) is 112 cm³/mol. The Morgan fingerprint density at radius 3 is 2.81 bits per heavy atom. The van der Waals surface area contributed by atoms with Gasteiger partial charge in [-0.1, -0.05) is 16.8 Å². The smallest absolute Gasteiger partial charge is 0.343 e. The van der Waals surface area contributed by atoms with Gasteiger partial charge >= 0.3 is 6.03 Å². The number of methoxy groups -OCH3 is 1. The number of carbonyl (C=O) groups is 1. The topological polar surface area (TPSA) is 144 Å². The number of urea groups is 1. The first-order valence-corrected chi connectivity index (χ1v) is 11.5. The van der Waals surface area contributed by atoms with E-state index in [-0.39, 0.29) is 56.8 Å². The van der Waals surface area contributed by atoms with Gasteiger partial charge in [-0.05, 0) is 18.4 Å². The molecule has 11 nitrogen and oxygen atoms in total. The third-order valence-electron chi connectivity index (χ3n) is 4.36. The summed E-state index contributed by atoms with van der Waals surface area (Å²) in [6.07, 6.45) is 0. The summed E-state index contributed by atoms with van der Waals surface area (Å²) in [6, 6.07) is 3.46. The highest BCUT2D eigenvalue weighted by Gasteiger charge is 2.37. The van der Waals surface area contributed by atoms with E-state index in [1.54, 1.807) is 5.38 Å². The quantitative estimate of drug-likeness (QED) is 0.560. The van der Waals surface area contributed by atoms with Gasteiger partial charge in [-0.2, -0.15) is 16.6 Å². The zero-order chi connectivity index (χ0) is 23.0. The number of nitrogens with zero attached hydrogens (tertiary/aromatic N) is 3. The Morgan fingerprint density at radius 1 is 1.44 bits per heavy atom. The summed E-state index contributed by atoms with van der Waals surface area (Å²) in [5.74, 6) is -0.0581. The van der Waals surface area contributed by atoms with Crippen molar-refractivity contribution in [3.05, 3.63) is 39.2 Å². The van der Waals surface area contributed by atoms with Gasteiger partial charge in [-0.25, -0.2) is 22.8 Å². The largest absolute Gasteiger partial charge is 0.494 e. The number of nitrogens with one attached hydrogen (secondary N) is 1. The van der Waals surface area contributed by atoms with E-state index in [0.29, 0.717) is 0 Å². The second kappa shape index (κ2) is 8.23. The fourth-order valence-corrected chi connectivity index (χ4v) is 5.01. The van der Waals surface area contributed by atoms with Crippen molar-refractivity contribution < 1.29 is 31.9 Å². The Bertz CT molecular complexity index is 1350. The number of fused-ring (bicyclic) bond motifs is 1. The first-order valence-electron chi connectivity index (χ1n) is 8.70. The van der Waals surface area contributed by atoms with Crippen LogP contribution in [-0.4, -0.2) is 33.5 Å². The summed E-state index contributed by atoms with van der Waals surface area (Å²) in [6.45, 7) is 1.37. The minimum absolute atomic E-state index is 0.000925. The second-order valence-corrected chi connectivity index (χ2v) is 9.08. The highest BCUT2D eigenvalue weighted by atomic mass is 35.5. The van der Waals surface area contributed by atoms with Crippen molar-refractivity contribution in [2.45, 2.75) is 11.8 Å². The molecule has 1 aliphatic rings. The van der Waals surface area contributed by atoms with Gasteiger partial charge in [0.1, 0.15) is 33.8 Å². The minimum Gasteiger partial charge on any atom is -0.494 e. The molecule has 0 atom stereocenters. The Morgan fingerprint density at radius 2 is 2.22 bits per heavy atom. The lowest BCUT2D eigenvalue weighted by molar-refractivity contribution is 0.173. The number of hydrogen-bond donors (Lipinski definition) is 1. The fourth-order valence-electron chi connectivity index (χ4n) is 2.90. The maximum atomic E-state index is 13.3. The zero-order valence-corrected chi connectivity index (χ0v) is 18.8. The van der Waals surface area contributed by atoms with Crippen LogP contribution < -0.4 is 23.8 Å². The summed E-state index contributed by atoms with van der Waals surface area (Å²) in [5.41, 5.74) is -0.0984. The number of hydrogen-bond acceptors (Lipinski definition) is 10. The van der Waals surface area contributed by atoms with Crippen molar-refractivity contribution in [1.82, 2.24) is 9.88 Å². The van der Waals surface area contributed by atoms with Gasteiger partial charge in [-0.3, -0.25) is 0 Å². The Balaban J connectivity index is 1.92. The molecule has 166 valence electrons. The lowest BCUT2D eigenvalue weighted by Crippen LogP contribution is -2.40. The van der Waals surface area contributed by atoms with E-state index < -0.39 is 16.1 Å². The molecule has 0 fully saturated rings. The van der Waals surface area contributed by atoms with Gasteiger partial charge in [0, 0.05) is 11.4 Å². The molecule has 2 amide bonds. The molecular formula is C18H13ClN4O7S2. The maximum Gasteiger partial charge on any atom is 0.343 e. The average molecular weight is 497 g/mol. The van der Waals surface area contributed by atoms with Crippen molar-refractivity contribution in [1.29, 1.82) is 5.26 Å². The monoisotopic (exact) mass is 496 g/mol. The van der Waals surface area contributed by atoms with Crippen molar-refractivity contribution in [2.24, 2.45) is 0 Å². The summed E-state index contributed by atoms with van der Waals surface area (Å²) < 4.78 is 48.6. The maximum absolute atomic E-state index is 13.3. The normalized spacial score (nSPS) is 12.3. The SMILES string of the molecule is COc1cc2c(c(C#N)c1N(C(=O)NS(=O)(=O)c1ccsc1)c1onc(C)c1Cl)OCO2. The lowest BCUT2D eigenvalue weighted by atomic mass is 10.1. The Kier molecular flexibility index (Phi) is 5.59. The fraction of sp³-hybridized carbons (Fsp3) is 0.167. The molecule has 0 bridgehead atoms. The molecule has 2 aromatic heterocycles. The molecule has 0 unspecified atom stereocenters. The van der Waals surface area contributed by atoms with E-state index in [0.717, 1.165) is 16.2 Å². The molecule has 14 heteroatoms. The number of ether oxygens (including phenoxy) is 3. The molecule has 4 rings (SSSR count). The molecule has 0 radical (unpaired) electrons. The van der Waals surface area contributed by atoms with Crippen LogP contribution in [0.25, 0.3) is 0 Å². The third-order valence-corrected chi connectivity index (χ3v) is 6.95. The van der Waals surface area contributed by atoms with Crippen LogP contribution in [0.1, 0.15) is 11.3 Å². The molecule has 1 aromatic carbocycles. The predicted octanol–water partition coefficient (Wildman–Crippen LogP) is 3.54. The van der Waals surface area contributed by atoms with E-state index in [1.807, 2.05) is 10.8 Å². The molecule has 1 N–H and O–H groups in total. The molecule has 0 aliphatic carbocycles. The molecule has 0 saturated heterocycles. The van der Waals surface area contributed by atoms with E-state index >= 15 is 0 Å². The number of carbonyl (C=O) groups excluding carboxylic acids is 1. The van der Waals surface area contributed by atoms with E-state index in [4.69, 9.17) is 30.3 Å². The van der Waals surface area contributed by atoms with Crippen LogP contribution in [0.15, 0.2) is 32.3 Å². The average Bonchev–Trinajstić information content (AvgIpc) is 3.51. The van der Waals surface area contributed by atoms with Crippen molar-refractivity contribution >= 4 is 50.6 Å². The van der Waals surface area contributed by atoms with Crippen LogP contribution >= 0.6 is 22.9 Å². The number of aromatic nitrogens is 1. The number of nitriles is 1. The van der Waals surface area contributed by atoms with Crippen LogP contribution in [0, 0.1) is 18.3 Å². The second-order valence-electron chi connectivity index (χ2n) is 6.24. The number of rotatable bonds is 5. The molecule has 0 saturated carbocycles. The summed E-state index contributed by atoms with van der Waals surface area (Å²) in [5, 5.41) is 16.4. The van der Waals surface area contributed by atoms with E-state index in [9.17, 15) is 18.5 Å². The Hall–Kier alpha value is -3.47. The number of aryl methyl sites for hydroxylation is 1. The van der Waals surface area contributed by atoms with E-state index in [1.165, 1.54) is 31.5 Å². The number of amides is 2. The summed E-state index contributed by atoms with van der Waals surface area (Å²) >= 11 is 7.41. The highest BCUT2D eigenvalue weighted by Crippen LogP contribution is 2.49. The molecule has 32 heavy (non-hydrogen) atoms. The van der Waals surface area contributed by atoms with Gasteiger partial charge in [0.2, 0.25) is 6.79 Å². The van der Waals surface area contributed by atoms with Gasteiger partial charge in [0.25, 0.3) is 15.9 Å². The van der Waals surface area contributed by atoms with Crippen LogP contribution in [0.2, 0.25) is 5.02 Å². The van der Waals surface area contributed by atoms with Gasteiger partial charge in [0.15, 0.2) is 11.5 Å². The molecular weight excluding hydrogens is 484 g/mol. The number of sulfonamides is 1. The molecule has 3 heterocycles. The number of halogens is 1. The molecule has 0 spiro atoms. The molecule has 1 aliphatic heterocycles. The number of thiophene rings is 1. The highest BCUT2D eigenvalue weighted by molar-refractivity contribution is 7.90. The summed E-state index contributed by atoms with van der Waals surface area (Å²) in [7, 11) is -2.95. The van der Waals surface area contributed by atoms with Gasteiger partial charge in [0.05, 0.1) is 12.0 Å². The van der Waals surface area contributed by atoms with Crippen LogP contribution in [0.5, 0.6) is 17.2 Å². The third kappa shape index (κ3) is 3.58. The van der Waals surface area contributed by atoms with Crippen LogP contribution in [-0.2, 0) is 10.0 Å². The zero-order valence-electron chi connectivity index (χ0n) is 16.4. The first kappa shape index (κ1) is 21.8.